The van der Waals surface area contributed by atoms with Crippen LogP contribution in [0.1, 0.15) is 61.5 Å². The van der Waals surface area contributed by atoms with Crippen molar-refractivity contribution in [3.05, 3.63) is 23.5 Å². The number of rotatable bonds is 2. The summed E-state index contributed by atoms with van der Waals surface area (Å²) in [5.41, 5.74) is 1.20. The van der Waals surface area contributed by atoms with Crippen LogP contribution in [0.2, 0.25) is 0 Å². The molecule has 4 nitrogen and oxygen atoms in total. The van der Waals surface area contributed by atoms with Crippen molar-refractivity contribution in [1.82, 2.24) is 9.47 Å². The Kier molecular flexibility index (Phi) is 4.06. The Morgan fingerprint density at radius 2 is 2.09 bits per heavy atom. The van der Waals surface area contributed by atoms with E-state index in [-0.39, 0.29) is 17.9 Å². The molecule has 2 aliphatic rings. The number of likely N-dealkylation sites (tertiary alicyclic amines) is 1. The summed E-state index contributed by atoms with van der Waals surface area (Å²) >= 11 is 0. The number of nitrogens with zero attached hydrogens (tertiary/aromatic N) is 2. The van der Waals surface area contributed by atoms with Crippen LogP contribution in [0.15, 0.2) is 12.3 Å². The molecule has 2 fully saturated rings. The molecule has 1 saturated heterocycles. The van der Waals surface area contributed by atoms with Crippen molar-refractivity contribution in [3.63, 3.8) is 0 Å². The zero-order valence-electron chi connectivity index (χ0n) is 14.0. The first-order valence-electron chi connectivity index (χ1n) is 8.57. The number of carbonyl (C=O) groups excluding carboxylic acids is 1. The number of amides is 1. The molecule has 4 heteroatoms. The molecular formula is C18H28N2O2. The summed E-state index contributed by atoms with van der Waals surface area (Å²) in [4.78, 5) is 15.1. The standard InChI is InChI=1S/C18H28N2O2/c1-13-9-12-19(3)16(13)17(21)20-11-6-8-15(20)14-7-4-5-10-18(14,2)22/h9,12,14-15,22H,4-8,10-11H2,1-3H3. The normalized spacial score (nSPS) is 32.5. The fourth-order valence-electron chi connectivity index (χ4n) is 4.52. The van der Waals surface area contributed by atoms with Crippen LogP contribution in [-0.2, 0) is 7.05 Å². The first-order valence-corrected chi connectivity index (χ1v) is 8.57. The Morgan fingerprint density at radius 1 is 1.32 bits per heavy atom. The summed E-state index contributed by atoms with van der Waals surface area (Å²) in [6, 6.07) is 2.19. The lowest BCUT2D eigenvalue weighted by Crippen LogP contribution is -2.50. The van der Waals surface area contributed by atoms with E-state index in [1.54, 1.807) is 0 Å². The van der Waals surface area contributed by atoms with Crippen molar-refractivity contribution in [2.24, 2.45) is 13.0 Å². The summed E-state index contributed by atoms with van der Waals surface area (Å²) in [7, 11) is 1.93. The number of aryl methyl sites for hydroxylation is 2. The Morgan fingerprint density at radius 3 is 2.73 bits per heavy atom. The van der Waals surface area contributed by atoms with Crippen molar-refractivity contribution in [2.75, 3.05) is 6.54 Å². The zero-order chi connectivity index (χ0) is 15.9. The minimum Gasteiger partial charge on any atom is -0.390 e. The lowest BCUT2D eigenvalue weighted by Gasteiger charge is -2.43. The minimum absolute atomic E-state index is 0.133. The number of aromatic nitrogens is 1. The summed E-state index contributed by atoms with van der Waals surface area (Å²) < 4.78 is 1.92. The second-order valence-corrected chi connectivity index (χ2v) is 7.38. The van der Waals surface area contributed by atoms with E-state index in [9.17, 15) is 9.90 Å². The fraction of sp³-hybridized carbons (Fsp3) is 0.722. The molecule has 0 spiro atoms. The van der Waals surface area contributed by atoms with Crippen molar-refractivity contribution < 1.29 is 9.90 Å². The van der Waals surface area contributed by atoms with Crippen molar-refractivity contribution in [1.29, 1.82) is 0 Å². The highest BCUT2D eigenvalue weighted by atomic mass is 16.3. The SMILES string of the molecule is Cc1ccn(C)c1C(=O)N1CCCC1C1CCCCC1(C)O. The van der Waals surface area contributed by atoms with E-state index >= 15 is 0 Å². The highest BCUT2D eigenvalue weighted by Crippen LogP contribution is 2.41. The van der Waals surface area contributed by atoms with Gasteiger partial charge in [-0.15, -0.1) is 0 Å². The maximum Gasteiger partial charge on any atom is 0.271 e. The van der Waals surface area contributed by atoms with E-state index in [2.05, 4.69) is 0 Å². The second kappa shape index (κ2) is 5.73. The molecule has 1 amide bonds. The van der Waals surface area contributed by atoms with E-state index in [0.29, 0.717) is 0 Å². The molecule has 22 heavy (non-hydrogen) atoms. The number of hydrogen-bond donors (Lipinski definition) is 1. The summed E-state index contributed by atoms with van der Waals surface area (Å²) in [6.07, 6.45) is 8.18. The number of aliphatic hydroxyl groups is 1. The maximum atomic E-state index is 13.0. The summed E-state index contributed by atoms with van der Waals surface area (Å²) in [6.45, 7) is 4.78. The fourth-order valence-corrected chi connectivity index (χ4v) is 4.52. The van der Waals surface area contributed by atoms with Gasteiger partial charge in [0.2, 0.25) is 0 Å². The third-order valence-corrected chi connectivity index (χ3v) is 5.75. The van der Waals surface area contributed by atoms with Crippen LogP contribution >= 0.6 is 0 Å². The number of hydrogen-bond acceptors (Lipinski definition) is 2. The molecule has 1 N–H and O–H groups in total. The largest absolute Gasteiger partial charge is 0.390 e. The van der Waals surface area contributed by atoms with Crippen molar-refractivity contribution in [3.8, 4) is 0 Å². The molecule has 3 atom stereocenters. The lowest BCUT2D eigenvalue weighted by molar-refractivity contribution is -0.0578. The van der Waals surface area contributed by atoms with Gasteiger partial charge in [0.15, 0.2) is 0 Å². The molecule has 122 valence electrons. The molecule has 3 rings (SSSR count). The van der Waals surface area contributed by atoms with Gasteiger partial charge in [0, 0.05) is 31.7 Å². The van der Waals surface area contributed by atoms with Gasteiger partial charge >= 0.3 is 0 Å². The van der Waals surface area contributed by atoms with Crippen LogP contribution in [0, 0.1) is 12.8 Å². The van der Waals surface area contributed by atoms with Crippen LogP contribution in [0.5, 0.6) is 0 Å². The third kappa shape index (κ3) is 2.58. The zero-order valence-corrected chi connectivity index (χ0v) is 14.0. The van der Waals surface area contributed by atoms with Gasteiger partial charge in [-0.3, -0.25) is 4.79 Å². The van der Waals surface area contributed by atoms with E-state index in [1.165, 1.54) is 6.42 Å². The van der Waals surface area contributed by atoms with E-state index in [0.717, 1.165) is 49.9 Å². The highest BCUT2D eigenvalue weighted by molar-refractivity contribution is 5.94. The predicted molar refractivity (Wildman–Crippen MR) is 86.8 cm³/mol. The van der Waals surface area contributed by atoms with Gasteiger partial charge in [0.25, 0.3) is 5.91 Å². The molecular weight excluding hydrogens is 276 g/mol. The molecule has 1 aromatic rings. The van der Waals surface area contributed by atoms with E-state index < -0.39 is 5.60 Å². The predicted octanol–water partition coefficient (Wildman–Crippen LogP) is 2.88. The third-order valence-electron chi connectivity index (χ3n) is 5.75. The van der Waals surface area contributed by atoms with Gasteiger partial charge in [0.1, 0.15) is 5.69 Å². The summed E-state index contributed by atoms with van der Waals surface area (Å²) in [5, 5.41) is 10.8. The molecule has 0 bridgehead atoms. The average Bonchev–Trinajstić information content (AvgIpc) is 3.05. The Hall–Kier alpha value is -1.29. The van der Waals surface area contributed by atoms with E-state index in [1.807, 2.05) is 42.6 Å². The lowest BCUT2D eigenvalue weighted by atomic mass is 9.72. The van der Waals surface area contributed by atoms with Crippen LogP contribution in [0.25, 0.3) is 0 Å². The minimum atomic E-state index is -0.630. The van der Waals surface area contributed by atoms with Crippen LogP contribution in [-0.4, -0.2) is 38.7 Å². The monoisotopic (exact) mass is 304 g/mol. The van der Waals surface area contributed by atoms with Crippen LogP contribution < -0.4 is 0 Å². The van der Waals surface area contributed by atoms with Crippen molar-refractivity contribution >= 4 is 5.91 Å². The molecule has 1 saturated carbocycles. The van der Waals surface area contributed by atoms with Crippen LogP contribution in [0.3, 0.4) is 0 Å². The quantitative estimate of drug-likeness (QED) is 0.913. The number of carbonyl (C=O) groups is 1. The Labute approximate surface area is 133 Å². The Balaban J connectivity index is 1.86. The molecule has 1 aromatic heterocycles. The smallest absolute Gasteiger partial charge is 0.271 e. The van der Waals surface area contributed by atoms with Gasteiger partial charge in [-0.2, -0.15) is 0 Å². The second-order valence-electron chi connectivity index (χ2n) is 7.38. The summed E-state index contributed by atoms with van der Waals surface area (Å²) in [5.74, 6) is 0.349. The van der Waals surface area contributed by atoms with Gasteiger partial charge in [-0.1, -0.05) is 12.8 Å². The van der Waals surface area contributed by atoms with Gasteiger partial charge < -0.3 is 14.6 Å². The molecule has 2 heterocycles. The van der Waals surface area contributed by atoms with Crippen LogP contribution in [0.4, 0.5) is 0 Å². The first kappa shape index (κ1) is 15.6. The highest BCUT2D eigenvalue weighted by Gasteiger charge is 2.45. The van der Waals surface area contributed by atoms with Gasteiger partial charge in [-0.25, -0.2) is 0 Å². The topological polar surface area (TPSA) is 45.5 Å². The van der Waals surface area contributed by atoms with Gasteiger partial charge in [0.05, 0.1) is 5.60 Å². The van der Waals surface area contributed by atoms with Crippen molar-refractivity contribution in [2.45, 2.75) is 64.0 Å². The molecule has 0 radical (unpaired) electrons. The molecule has 0 aromatic carbocycles. The Bertz CT molecular complexity index is 542. The first-order chi connectivity index (χ1) is 10.4. The van der Waals surface area contributed by atoms with E-state index in [4.69, 9.17) is 0 Å². The molecule has 3 unspecified atom stereocenters. The van der Waals surface area contributed by atoms with Gasteiger partial charge in [-0.05, 0) is 51.2 Å². The molecule has 1 aliphatic heterocycles. The maximum absolute atomic E-state index is 13.0. The molecule has 1 aliphatic carbocycles. The average molecular weight is 304 g/mol.